The minimum Gasteiger partial charge on any atom is -0.444 e. The smallest absolute Gasteiger partial charge is 0.411 e. The van der Waals surface area contributed by atoms with Crippen molar-refractivity contribution in [3.63, 3.8) is 0 Å². The minimum absolute atomic E-state index is 0.0410. The Morgan fingerprint density at radius 2 is 1.53 bits per heavy atom. The number of nitrogens with zero attached hydrogens (tertiary/aromatic N) is 4. The Hall–Kier alpha value is -5.26. The van der Waals surface area contributed by atoms with Crippen LogP contribution in [0.2, 0.25) is 0 Å². The van der Waals surface area contributed by atoms with E-state index in [-0.39, 0.29) is 41.3 Å². The number of ether oxygens (including phenoxy) is 2. The van der Waals surface area contributed by atoms with Gasteiger partial charge in [0.1, 0.15) is 22.9 Å². The van der Waals surface area contributed by atoms with Gasteiger partial charge in [0.2, 0.25) is 0 Å². The van der Waals surface area contributed by atoms with Crippen LogP contribution in [0.5, 0.6) is 0 Å². The van der Waals surface area contributed by atoms with E-state index in [0.717, 1.165) is 60.9 Å². The predicted molar refractivity (Wildman–Crippen MR) is 218 cm³/mol. The van der Waals surface area contributed by atoms with Crippen molar-refractivity contribution in [1.82, 2.24) is 29.7 Å². The number of piperidine rings is 1. The van der Waals surface area contributed by atoms with Crippen LogP contribution in [0.3, 0.4) is 0 Å². The van der Waals surface area contributed by atoms with Crippen LogP contribution in [0.4, 0.5) is 18.4 Å². The molecule has 304 valence electrons. The molecule has 3 heterocycles. The molecule has 12 heteroatoms. The maximum atomic E-state index is 16.5. The van der Waals surface area contributed by atoms with Gasteiger partial charge in [-0.25, -0.2) is 19.6 Å². The minimum atomic E-state index is -3.23. The number of alkyl halides is 2. The molecule has 1 aliphatic heterocycles. The summed E-state index contributed by atoms with van der Waals surface area (Å²) < 4.78 is 44.5. The SMILES string of the molecule is CCC1(CN(Cc2ncc(-c3ccc4c(c3)C(F)(F)c3cc(-c5ccc6nc(C7[C@H]8CC[C@H](C8)N7C(=O)OC(C)(C)C)[nH]c6c5)ccc3-4)[nH]2)C(=O)OC(C)(C)C)CC1. The van der Waals surface area contributed by atoms with Crippen LogP contribution in [-0.4, -0.2) is 65.7 Å². The molecule has 5 aromatic rings. The monoisotopic (exact) mass is 790 g/mol. The molecule has 2 aromatic heterocycles. The zero-order valence-electron chi connectivity index (χ0n) is 34.3. The number of likely N-dealkylation sites (tertiary alicyclic amines) is 1. The Morgan fingerprint density at radius 1 is 0.879 bits per heavy atom. The summed E-state index contributed by atoms with van der Waals surface area (Å²) in [5.74, 6) is -1.65. The molecular formula is C46H52F2N6O4. The van der Waals surface area contributed by atoms with E-state index in [1.165, 1.54) is 0 Å². The lowest BCUT2D eigenvalue weighted by Gasteiger charge is -2.35. The number of benzene rings is 3. The third kappa shape index (κ3) is 6.91. The third-order valence-corrected chi connectivity index (χ3v) is 12.5. The van der Waals surface area contributed by atoms with Gasteiger partial charge in [0.05, 0.1) is 35.5 Å². The number of H-pyrrole nitrogens is 2. The number of hydrogen-bond acceptors (Lipinski definition) is 6. The first-order chi connectivity index (χ1) is 27.4. The fraction of sp³-hybridized carbons (Fsp3) is 0.478. The molecule has 0 spiro atoms. The second-order valence-corrected chi connectivity index (χ2v) is 18.9. The summed E-state index contributed by atoms with van der Waals surface area (Å²) in [5.41, 5.74) is 3.93. The quantitative estimate of drug-likeness (QED) is 0.162. The number of halogens is 2. The molecule has 3 fully saturated rings. The highest BCUT2D eigenvalue weighted by molar-refractivity contribution is 5.87. The molecule has 3 atom stereocenters. The van der Waals surface area contributed by atoms with Crippen LogP contribution < -0.4 is 0 Å². The number of nitrogens with one attached hydrogen (secondary N) is 2. The third-order valence-electron chi connectivity index (χ3n) is 12.5. The molecule has 9 rings (SSSR count). The van der Waals surface area contributed by atoms with Crippen molar-refractivity contribution in [2.24, 2.45) is 11.3 Å². The van der Waals surface area contributed by atoms with Crippen LogP contribution in [0.15, 0.2) is 60.8 Å². The molecule has 58 heavy (non-hydrogen) atoms. The zero-order chi connectivity index (χ0) is 40.9. The van der Waals surface area contributed by atoms with E-state index < -0.39 is 23.2 Å². The van der Waals surface area contributed by atoms with Crippen LogP contribution in [0.1, 0.15) is 116 Å². The van der Waals surface area contributed by atoms with Crippen molar-refractivity contribution in [3.8, 4) is 33.5 Å². The Bertz CT molecular complexity index is 2440. The van der Waals surface area contributed by atoms with Crippen molar-refractivity contribution in [2.45, 2.75) is 123 Å². The number of hydrogen-bond donors (Lipinski definition) is 2. The van der Waals surface area contributed by atoms with E-state index in [0.29, 0.717) is 46.2 Å². The number of carbonyl (C=O) groups is 2. The summed E-state index contributed by atoms with van der Waals surface area (Å²) in [6, 6.07) is 16.1. The molecule has 2 amide bonds. The number of aromatic nitrogens is 4. The zero-order valence-corrected chi connectivity index (χ0v) is 34.3. The Balaban J connectivity index is 0.954. The van der Waals surface area contributed by atoms with Gasteiger partial charge < -0.3 is 24.3 Å². The highest BCUT2D eigenvalue weighted by atomic mass is 19.3. The molecule has 1 saturated heterocycles. The van der Waals surface area contributed by atoms with Crippen LogP contribution >= 0.6 is 0 Å². The van der Waals surface area contributed by atoms with E-state index in [1.807, 2.05) is 76.8 Å². The van der Waals surface area contributed by atoms with Crippen molar-refractivity contribution in [3.05, 3.63) is 83.6 Å². The summed E-state index contributed by atoms with van der Waals surface area (Å²) >= 11 is 0. The first kappa shape index (κ1) is 38.3. The highest BCUT2D eigenvalue weighted by Gasteiger charge is 2.51. The Labute approximate surface area is 337 Å². The van der Waals surface area contributed by atoms with Gasteiger partial charge in [0, 0.05) is 29.3 Å². The second-order valence-electron chi connectivity index (χ2n) is 18.9. The van der Waals surface area contributed by atoms with Crippen LogP contribution in [0.25, 0.3) is 44.5 Å². The van der Waals surface area contributed by atoms with Gasteiger partial charge >= 0.3 is 12.2 Å². The summed E-state index contributed by atoms with van der Waals surface area (Å²) in [5, 5.41) is 0. The molecule has 0 radical (unpaired) electrons. The standard InChI is InChI=1S/C46H52F2N6O4/c1-8-45(17-18-45)25-53(41(55)57-43(2,3)4)24-38-49-23-37(50-38)28-11-15-32-31-14-10-26(20-33(31)46(47,48)34(32)21-28)27-12-16-35-36(22-27)52-40(51-35)39-29-9-13-30(19-29)54(39)42(56)58-44(5,6)7/h10-12,14-16,20-23,29-30,39H,8-9,13,17-19,24-25H2,1-7H3,(H,49,50)(H,51,52)/t29-,30+,39?/m0/s1. The average Bonchev–Trinajstić information content (AvgIpc) is 3.67. The normalized spacial score (nSPS) is 21.3. The van der Waals surface area contributed by atoms with Gasteiger partial charge in [-0.05, 0) is 138 Å². The number of amides is 2. The molecule has 2 bridgehead atoms. The maximum absolute atomic E-state index is 16.5. The maximum Gasteiger partial charge on any atom is 0.411 e. The molecular weight excluding hydrogens is 739 g/mol. The molecule has 10 nitrogen and oxygen atoms in total. The van der Waals surface area contributed by atoms with Crippen molar-refractivity contribution in [1.29, 1.82) is 0 Å². The van der Waals surface area contributed by atoms with Gasteiger partial charge in [-0.1, -0.05) is 37.3 Å². The van der Waals surface area contributed by atoms with Crippen molar-refractivity contribution in [2.75, 3.05) is 6.54 Å². The topological polar surface area (TPSA) is 116 Å². The highest BCUT2D eigenvalue weighted by Crippen LogP contribution is 2.54. The van der Waals surface area contributed by atoms with E-state index in [4.69, 9.17) is 14.5 Å². The lowest BCUT2D eigenvalue weighted by molar-refractivity contribution is 0.00614. The lowest BCUT2D eigenvalue weighted by atomic mass is 9.98. The summed E-state index contributed by atoms with van der Waals surface area (Å²) in [6.07, 6.45) is 6.95. The number of imidazole rings is 2. The first-order valence-electron chi connectivity index (χ1n) is 20.6. The largest absolute Gasteiger partial charge is 0.444 e. The summed E-state index contributed by atoms with van der Waals surface area (Å²) in [6.45, 7) is 14.1. The summed E-state index contributed by atoms with van der Waals surface area (Å²) in [7, 11) is 0. The summed E-state index contributed by atoms with van der Waals surface area (Å²) in [4.78, 5) is 46.4. The van der Waals surface area contributed by atoms with E-state index in [2.05, 4.69) is 21.9 Å². The first-order valence-corrected chi connectivity index (χ1v) is 20.6. The Kier molecular flexibility index (Phi) is 8.83. The van der Waals surface area contributed by atoms with Gasteiger partial charge in [-0.2, -0.15) is 8.78 Å². The molecule has 2 N–H and O–H groups in total. The molecule has 1 unspecified atom stereocenters. The number of carbonyl (C=O) groups excluding carboxylic acids is 2. The molecule has 4 aliphatic rings. The van der Waals surface area contributed by atoms with Crippen LogP contribution in [0, 0.1) is 11.3 Å². The molecule has 3 aromatic carbocycles. The average molecular weight is 791 g/mol. The number of fused-ring (bicyclic) bond motifs is 6. The van der Waals surface area contributed by atoms with Crippen molar-refractivity contribution >= 4 is 23.2 Å². The lowest BCUT2D eigenvalue weighted by Crippen LogP contribution is -2.43. The predicted octanol–water partition coefficient (Wildman–Crippen LogP) is 11.1. The number of aromatic amines is 2. The number of rotatable bonds is 8. The van der Waals surface area contributed by atoms with Crippen molar-refractivity contribution < 1.29 is 27.8 Å². The van der Waals surface area contributed by atoms with Gasteiger partial charge in [0.15, 0.2) is 0 Å². The molecule has 2 saturated carbocycles. The van der Waals surface area contributed by atoms with E-state index >= 15 is 8.78 Å². The fourth-order valence-corrected chi connectivity index (χ4v) is 9.32. The van der Waals surface area contributed by atoms with Gasteiger partial charge in [-0.3, -0.25) is 4.90 Å². The van der Waals surface area contributed by atoms with Crippen LogP contribution in [-0.2, 0) is 21.9 Å². The fourth-order valence-electron chi connectivity index (χ4n) is 9.32. The van der Waals surface area contributed by atoms with E-state index in [9.17, 15) is 9.59 Å². The second kappa shape index (κ2) is 13.4. The Morgan fingerprint density at radius 3 is 2.21 bits per heavy atom. The van der Waals surface area contributed by atoms with Gasteiger partial charge in [-0.15, -0.1) is 0 Å². The molecule has 3 aliphatic carbocycles. The van der Waals surface area contributed by atoms with E-state index in [1.54, 1.807) is 35.4 Å². The van der Waals surface area contributed by atoms with Gasteiger partial charge in [0.25, 0.3) is 5.92 Å².